The number of aliphatic hydroxyl groups is 1. The molecule has 0 aliphatic carbocycles. The smallest absolute Gasteiger partial charge is 0.381 e. The maximum Gasteiger partial charge on any atom is 0.381 e. The van der Waals surface area contributed by atoms with Crippen molar-refractivity contribution in [3.63, 3.8) is 0 Å². The van der Waals surface area contributed by atoms with Crippen LogP contribution >= 0.6 is 0 Å². The average Bonchev–Trinajstić information content (AvgIpc) is 2.83. The number of carbonyl (C=O) groups is 1. The van der Waals surface area contributed by atoms with Crippen LogP contribution in [0.15, 0.2) is 12.5 Å². The summed E-state index contributed by atoms with van der Waals surface area (Å²) >= 11 is 0. The molecule has 0 bridgehead atoms. The third-order valence-electron chi connectivity index (χ3n) is 2.60. The first-order chi connectivity index (χ1) is 8.84. The summed E-state index contributed by atoms with van der Waals surface area (Å²) < 4.78 is 1.49. The number of rotatable bonds is 7. The minimum atomic E-state index is -0.583. The highest BCUT2D eigenvalue weighted by Crippen LogP contribution is 2.11. The van der Waals surface area contributed by atoms with Gasteiger partial charge in [-0.25, -0.2) is 0 Å². The lowest BCUT2D eigenvalue weighted by Gasteiger charge is -2.21. The van der Waals surface area contributed by atoms with E-state index >= 15 is 0 Å². The summed E-state index contributed by atoms with van der Waals surface area (Å²) in [6.45, 7) is 4.37. The summed E-state index contributed by atoms with van der Waals surface area (Å²) in [4.78, 5) is 25.0. The fourth-order valence-corrected chi connectivity index (χ4v) is 1.28. The standard InChI is InChI=1S/C11H18N4O4/c1-11(2,7-16)6-12-10(17)3-4-14-5-9(13-8-14)15(18)19/h5,8,16H,3-4,6-7H2,1-2H3,(H,12,17). The Morgan fingerprint density at radius 3 is 2.84 bits per heavy atom. The molecule has 0 atom stereocenters. The van der Waals surface area contributed by atoms with E-state index < -0.39 is 4.92 Å². The lowest BCUT2D eigenvalue weighted by Crippen LogP contribution is -2.36. The van der Waals surface area contributed by atoms with Crippen molar-refractivity contribution in [2.45, 2.75) is 26.8 Å². The molecule has 0 saturated heterocycles. The molecule has 0 aliphatic rings. The van der Waals surface area contributed by atoms with E-state index in [4.69, 9.17) is 5.11 Å². The first-order valence-corrected chi connectivity index (χ1v) is 5.88. The second kappa shape index (κ2) is 6.28. The molecule has 1 amide bonds. The van der Waals surface area contributed by atoms with E-state index in [2.05, 4.69) is 10.3 Å². The number of hydrogen-bond acceptors (Lipinski definition) is 5. The van der Waals surface area contributed by atoms with Gasteiger partial charge in [0.15, 0.2) is 0 Å². The number of aliphatic hydroxyl groups excluding tert-OH is 1. The van der Waals surface area contributed by atoms with Crippen molar-refractivity contribution in [3.8, 4) is 0 Å². The third-order valence-corrected chi connectivity index (χ3v) is 2.60. The number of aryl methyl sites for hydroxylation is 1. The van der Waals surface area contributed by atoms with E-state index in [0.717, 1.165) is 0 Å². The van der Waals surface area contributed by atoms with Gasteiger partial charge in [0, 0.05) is 31.5 Å². The third kappa shape index (κ3) is 5.04. The first kappa shape index (κ1) is 15.1. The summed E-state index contributed by atoms with van der Waals surface area (Å²) in [6, 6.07) is 0. The van der Waals surface area contributed by atoms with Crippen LogP contribution in [0, 0.1) is 15.5 Å². The van der Waals surface area contributed by atoms with E-state index in [1.165, 1.54) is 17.1 Å². The van der Waals surface area contributed by atoms with Gasteiger partial charge in [-0.15, -0.1) is 0 Å². The van der Waals surface area contributed by atoms with Crippen LogP contribution in [0.4, 0.5) is 5.82 Å². The Morgan fingerprint density at radius 2 is 2.32 bits per heavy atom. The molecule has 8 heteroatoms. The van der Waals surface area contributed by atoms with Gasteiger partial charge in [0.2, 0.25) is 12.2 Å². The molecule has 0 fully saturated rings. The fourth-order valence-electron chi connectivity index (χ4n) is 1.28. The summed E-state index contributed by atoms with van der Waals surface area (Å²) in [6.07, 6.45) is 2.81. The Balaban J connectivity index is 2.35. The SMILES string of the molecule is CC(C)(CO)CNC(=O)CCn1cnc([N+](=O)[O-])c1. The van der Waals surface area contributed by atoms with Gasteiger partial charge in [-0.3, -0.25) is 4.79 Å². The molecule has 0 spiro atoms. The Morgan fingerprint density at radius 1 is 1.63 bits per heavy atom. The van der Waals surface area contributed by atoms with Crippen molar-refractivity contribution in [2.75, 3.05) is 13.2 Å². The number of nitro groups is 1. The van der Waals surface area contributed by atoms with Crippen LogP contribution in [0.5, 0.6) is 0 Å². The van der Waals surface area contributed by atoms with Gasteiger partial charge in [-0.05, 0) is 9.91 Å². The molecule has 2 N–H and O–H groups in total. The second-order valence-electron chi connectivity index (χ2n) is 5.08. The molecule has 0 saturated carbocycles. The summed E-state index contributed by atoms with van der Waals surface area (Å²) in [5, 5.41) is 22.2. The number of nitrogens with zero attached hydrogens (tertiary/aromatic N) is 3. The van der Waals surface area contributed by atoms with Crippen LogP contribution in [0.2, 0.25) is 0 Å². The van der Waals surface area contributed by atoms with Gasteiger partial charge < -0.3 is 25.1 Å². The lowest BCUT2D eigenvalue weighted by atomic mass is 9.95. The highest BCUT2D eigenvalue weighted by molar-refractivity contribution is 5.75. The van der Waals surface area contributed by atoms with E-state index in [1.807, 2.05) is 13.8 Å². The van der Waals surface area contributed by atoms with E-state index in [9.17, 15) is 14.9 Å². The molecule has 1 rings (SSSR count). The second-order valence-corrected chi connectivity index (χ2v) is 5.08. The van der Waals surface area contributed by atoms with Crippen molar-refractivity contribution >= 4 is 11.7 Å². The van der Waals surface area contributed by atoms with Gasteiger partial charge in [-0.2, -0.15) is 0 Å². The van der Waals surface area contributed by atoms with Crippen LogP contribution in [-0.4, -0.2) is 38.6 Å². The Hall–Kier alpha value is -1.96. The zero-order valence-electron chi connectivity index (χ0n) is 11.0. The topological polar surface area (TPSA) is 110 Å². The van der Waals surface area contributed by atoms with E-state index in [1.54, 1.807) is 0 Å². The number of amides is 1. The number of aromatic nitrogens is 2. The fraction of sp³-hybridized carbons (Fsp3) is 0.636. The number of nitrogens with one attached hydrogen (secondary N) is 1. The van der Waals surface area contributed by atoms with Gasteiger partial charge >= 0.3 is 5.82 Å². The summed E-state index contributed by atoms with van der Waals surface area (Å²) in [7, 11) is 0. The van der Waals surface area contributed by atoms with Crippen LogP contribution < -0.4 is 5.32 Å². The number of hydrogen-bond donors (Lipinski definition) is 2. The predicted molar refractivity (Wildman–Crippen MR) is 67.4 cm³/mol. The van der Waals surface area contributed by atoms with Crippen molar-refractivity contribution in [1.82, 2.24) is 14.9 Å². The van der Waals surface area contributed by atoms with Crippen molar-refractivity contribution in [3.05, 3.63) is 22.6 Å². The van der Waals surface area contributed by atoms with Gasteiger partial charge in [-0.1, -0.05) is 13.8 Å². The summed E-state index contributed by atoms with van der Waals surface area (Å²) in [5.74, 6) is -0.403. The molecule has 1 aromatic rings. The van der Waals surface area contributed by atoms with Crippen LogP contribution in [0.3, 0.4) is 0 Å². The van der Waals surface area contributed by atoms with Crippen LogP contribution in [-0.2, 0) is 11.3 Å². The van der Waals surface area contributed by atoms with Crippen molar-refractivity contribution in [1.29, 1.82) is 0 Å². The molecule has 106 valence electrons. The molecule has 0 aliphatic heterocycles. The quantitative estimate of drug-likeness (QED) is 0.547. The largest absolute Gasteiger partial charge is 0.396 e. The summed E-state index contributed by atoms with van der Waals surface area (Å²) in [5.41, 5.74) is -0.358. The first-order valence-electron chi connectivity index (χ1n) is 5.88. The molecule has 1 aromatic heterocycles. The predicted octanol–water partition coefficient (Wildman–Crippen LogP) is 0.316. The normalized spacial score (nSPS) is 11.3. The minimum Gasteiger partial charge on any atom is -0.396 e. The van der Waals surface area contributed by atoms with Gasteiger partial charge in [0.05, 0.1) is 0 Å². The highest BCUT2D eigenvalue weighted by Gasteiger charge is 2.17. The van der Waals surface area contributed by atoms with Crippen molar-refractivity contribution < 1.29 is 14.8 Å². The van der Waals surface area contributed by atoms with Gasteiger partial charge in [0.1, 0.15) is 6.20 Å². The van der Waals surface area contributed by atoms with Gasteiger partial charge in [0.25, 0.3) is 0 Å². The highest BCUT2D eigenvalue weighted by atomic mass is 16.6. The Labute approximate surface area is 110 Å². The zero-order valence-corrected chi connectivity index (χ0v) is 11.0. The van der Waals surface area contributed by atoms with Crippen LogP contribution in [0.1, 0.15) is 20.3 Å². The maximum absolute atomic E-state index is 11.6. The zero-order chi connectivity index (χ0) is 14.5. The molecule has 0 radical (unpaired) electrons. The monoisotopic (exact) mass is 270 g/mol. The molecule has 19 heavy (non-hydrogen) atoms. The molecule has 1 heterocycles. The number of imidazole rings is 1. The maximum atomic E-state index is 11.6. The molecule has 0 aromatic carbocycles. The average molecular weight is 270 g/mol. The molecule has 8 nitrogen and oxygen atoms in total. The lowest BCUT2D eigenvalue weighted by molar-refractivity contribution is -0.389. The molecular formula is C11H18N4O4. The number of carbonyl (C=O) groups excluding carboxylic acids is 1. The van der Waals surface area contributed by atoms with Crippen molar-refractivity contribution in [2.24, 2.45) is 5.41 Å². The van der Waals surface area contributed by atoms with E-state index in [-0.39, 0.29) is 30.2 Å². The Kier molecular flexibility index (Phi) is 4.99. The van der Waals surface area contributed by atoms with Crippen LogP contribution in [0.25, 0.3) is 0 Å². The minimum absolute atomic E-state index is 0.0129. The molecular weight excluding hydrogens is 252 g/mol. The molecule has 0 unspecified atom stereocenters. The Bertz CT molecular complexity index is 455. The van der Waals surface area contributed by atoms with E-state index in [0.29, 0.717) is 13.1 Å².